The minimum absolute atomic E-state index is 0.462. The second kappa shape index (κ2) is 4.38. The highest BCUT2D eigenvalue weighted by Gasteiger charge is 2.00. The van der Waals surface area contributed by atoms with E-state index in [4.69, 9.17) is 11.5 Å². The Morgan fingerprint density at radius 3 is 2.60 bits per heavy atom. The number of nitrogens with two attached hydrogens (primary N) is 2. The number of benzene rings is 1. The van der Waals surface area contributed by atoms with Crippen LogP contribution in [0.15, 0.2) is 12.1 Å². The van der Waals surface area contributed by atoms with Gasteiger partial charge >= 0.3 is 5.97 Å². The molecule has 0 aliphatic rings. The average Bonchev–Trinajstić information content (AvgIpc) is 2.22. The molecule has 0 aliphatic carbocycles. The molecule has 0 unspecified atom stereocenters. The second-order valence-electron chi connectivity index (χ2n) is 3.04. The Labute approximate surface area is 88.2 Å². The molecule has 0 saturated carbocycles. The maximum atomic E-state index is 10.8. The Morgan fingerprint density at radius 2 is 2.07 bits per heavy atom. The molecule has 0 fully saturated rings. The maximum absolute atomic E-state index is 10.8. The summed E-state index contributed by atoms with van der Waals surface area (Å²) in [6.45, 7) is 1.83. The van der Waals surface area contributed by atoms with Crippen LogP contribution in [-0.4, -0.2) is 13.1 Å². The molecule has 0 bridgehead atoms. The van der Waals surface area contributed by atoms with Gasteiger partial charge in [0.05, 0.1) is 18.5 Å². The summed E-state index contributed by atoms with van der Waals surface area (Å²) in [6.07, 6.45) is 0. The van der Waals surface area contributed by atoms with E-state index in [9.17, 15) is 4.79 Å². The van der Waals surface area contributed by atoms with Crippen LogP contribution in [-0.2, 0) is 9.53 Å². The Morgan fingerprint density at radius 1 is 1.40 bits per heavy atom. The lowest BCUT2D eigenvalue weighted by molar-refractivity contribution is -0.133. The number of aryl methyl sites for hydroxylation is 1. The fraction of sp³-hybridized carbons (Fsp3) is 0.182. The summed E-state index contributed by atoms with van der Waals surface area (Å²) >= 11 is 0. The van der Waals surface area contributed by atoms with E-state index in [1.165, 1.54) is 7.11 Å². The zero-order valence-electron chi connectivity index (χ0n) is 8.63. The topological polar surface area (TPSA) is 78.3 Å². The molecule has 0 atom stereocenters. The van der Waals surface area contributed by atoms with Crippen molar-refractivity contribution in [1.82, 2.24) is 0 Å². The third-order valence-electron chi connectivity index (χ3n) is 1.91. The molecule has 0 saturated heterocycles. The molecule has 4 heteroatoms. The van der Waals surface area contributed by atoms with E-state index >= 15 is 0 Å². The van der Waals surface area contributed by atoms with Crippen molar-refractivity contribution in [2.45, 2.75) is 6.92 Å². The van der Waals surface area contributed by atoms with Crippen LogP contribution in [0.4, 0.5) is 11.4 Å². The first-order valence-electron chi connectivity index (χ1n) is 4.30. The van der Waals surface area contributed by atoms with Crippen LogP contribution in [0.2, 0.25) is 0 Å². The molecule has 0 radical (unpaired) electrons. The number of anilines is 2. The molecule has 4 N–H and O–H groups in total. The van der Waals surface area contributed by atoms with Crippen LogP contribution in [0.3, 0.4) is 0 Å². The van der Waals surface area contributed by atoms with Crippen molar-refractivity contribution in [2.75, 3.05) is 18.6 Å². The largest absolute Gasteiger partial charge is 0.459 e. The van der Waals surface area contributed by atoms with Crippen molar-refractivity contribution in [3.8, 4) is 11.8 Å². The summed E-state index contributed by atoms with van der Waals surface area (Å²) in [6, 6.07) is 3.39. The molecule has 0 heterocycles. The number of hydrogen-bond donors (Lipinski definition) is 2. The number of carbonyl (C=O) groups excluding carboxylic acids is 1. The van der Waals surface area contributed by atoms with Gasteiger partial charge in [0.2, 0.25) is 0 Å². The predicted octanol–water partition coefficient (Wildman–Crippen LogP) is 0.684. The van der Waals surface area contributed by atoms with E-state index in [0.717, 1.165) is 5.56 Å². The first kappa shape index (κ1) is 10.9. The lowest BCUT2D eigenvalue weighted by Crippen LogP contribution is -1.98. The Kier molecular flexibility index (Phi) is 3.19. The Bertz CT molecular complexity index is 432. The van der Waals surface area contributed by atoms with Crippen LogP contribution < -0.4 is 11.5 Å². The van der Waals surface area contributed by atoms with Gasteiger partial charge in [0, 0.05) is 11.5 Å². The standard InChI is InChI=1S/C11H12N2O2/c1-7-5-8(3-4-10(14)15-2)6-9(12)11(7)13/h5-6H,12-13H2,1-2H3. The summed E-state index contributed by atoms with van der Waals surface area (Å²) in [5.74, 6) is 4.38. The normalized spacial score (nSPS) is 8.93. The lowest BCUT2D eigenvalue weighted by atomic mass is 10.1. The van der Waals surface area contributed by atoms with Crippen LogP contribution in [0.25, 0.3) is 0 Å². The number of hydrogen-bond acceptors (Lipinski definition) is 4. The van der Waals surface area contributed by atoms with Gasteiger partial charge < -0.3 is 16.2 Å². The lowest BCUT2D eigenvalue weighted by Gasteiger charge is -2.04. The summed E-state index contributed by atoms with van der Waals surface area (Å²) in [5.41, 5.74) is 13.8. The van der Waals surface area contributed by atoms with E-state index in [1.807, 2.05) is 6.92 Å². The minimum Gasteiger partial charge on any atom is -0.459 e. The van der Waals surface area contributed by atoms with Gasteiger partial charge in [-0.05, 0) is 24.6 Å². The number of carbonyl (C=O) groups is 1. The average molecular weight is 204 g/mol. The zero-order chi connectivity index (χ0) is 11.4. The fourth-order valence-electron chi connectivity index (χ4n) is 1.07. The maximum Gasteiger partial charge on any atom is 0.384 e. The van der Waals surface area contributed by atoms with Crippen LogP contribution in [0, 0.1) is 18.8 Å². The van der Waals surface area contributed by atoms with E-state index < -0.39 is 5.97 Å². The quantitative estimate of drug-likeness (QED) is 0.370. The van der Waals surface area contributed by atoms with Gasteiger partial charge in [0.25, 0.3) is 0 Å². The van der Waals surface area contributed by atoms with Gasteiger partial charge in [-0.3, -0.25) is 0 Å². The molecule has 1 aromatic rings. The van der Waals surface area contributed by atoms with Gasteiger partial charge in [0.1, 0.15) is 0 Å². The second-order valence-corrected chi connectivity index (χ2v) is 3.04. The van der Waals surface area contributed by atoms with Crippen LogP contribution in [0.1, 0.15) is 11.1 Å². The molecular weight excluding hydrogens is 192 g/mol. The fourth-order valence-corrected chi connectivity index (χ4v) is 1.07. The van der Waals surface area contributed by atoms with Gasteiger partial charge in [-0.2, -0.15) is 0 Å². The molecule has 1 aromatic carbocycles. The molecule has 4 nitrogen and oxygen atoms in total. The predicted molar refractivity (Wildman–Crippen MR) is 58.9 cm³/mol. The van der Waals surface area contributed by atoms with E-state index in [-0.39, 0.29) is 0 Å². The third kappa shape index (κ3) is 2.64. The van der Waals surface area contributed by atoms with Crippen molar-refractivity contribution in [2.24, 2.45) is 0 Å². The van der Waals surface area contributed by atoms with E-state index in [0.29, 0.717) is 16.9 Å². The van der Waals surface area contributed by atoms with Crippen molar-refractivity contribution in [3.05, 3.63) is 23.3 Å². The highest BCUT2D eigenvalue weighted by molar-refractivity contribution is 5.89. The zero-order valence-corrected chi connectivity index (χ0v) is 8.63. The van der Waals surface area contributed by atoms with Crippen molar-refractivity contribution >= 4 is 17.3 Å². The number of nitrogen functional groups attached to an aromatic ring is 2. The first-order chi connectivity index (χ1) is 7.04. The molecule has 0 amide bonds. The minimum atomic E-state index is -0.581. The van der Waals surface area contributed by atoms with Crippen molar-refractivity contribution in [3.63, 3.8) is 0 Å². The van der Waals surface area contributed by atoms with E-state index in [2.05, 4.69) is 16.6 Å². The highest BCUT2D eigenvalue weighted by atomic mass is 16.5. The van der Waals surface area contributed by atoms with Gasteiger partial charge in [-0.1, -0.05) is 5.92 Å². The Hall–Kier alpha value is -2.15. The van der Waals surface area contributed by atoms with Gasteiger partial charge in [0.15, 0.2) is 0 Å². The van der Waals surface area contributed by atoms with Gasteiger partial charge in [-0.15, -0.1) is 0 Å². The Balaban J connectivity index is 3.06. The molecule has 78 valence electrons. The van der Waals surface area contributed by atoms with Crippen LogP contribution in [0.5, 0.6) is 0 Å². The molecule has 1 rings (SSSR count). The monoisotopic (exact) mass is 204 g/mol. The summed E-state index contributed by atoms with van der Waals surface area (Å²) in [4.78, 5) is 10.8. The molecule has 15 heavy (non-hydrogen) atoms. The third-order valence-corrected chi connectivity index (χ3v) is 1.91. The smallest absolute Gasteiger partial charge is 0.384 e. The van der Waals surface area contributed by atoms with Crippen molar-refractivity contribution in [1.29, 1.82) is 0 Å². The summed E-state index contributed by atoms with van der Waals surface area (Å²) in [7, 11) is 1.28. The molecule has 0 spiro atoms. The van der Waals surface area contributed by atoms with Gasteiger partial charge in [-0.25, -0.2) is 4.79 Å². The highest BCUT2D eigenvalue weighted by Crippen LogP contribution is 2.20. The molecule has 0 aromatic heterocycles. The SMILES string of the molecule is COC(=O)C#Cc1cc(C)c(N)c(N)c1. The summed E-state index contributed by atoms with van der Waals surface area (Å²) < 4.78 is 4.39. The van der Waals surface area contributed by atoms with Crippen molar-refractivity contribution < 1.29 is 9.53 Å². The molecule has 0 aliphatic heterocycles. The first-order valence-corrected chi connectivity index (χ1v) is 4.30. The number of rotatable bonds is 0. The number of esters is 1. The number of methoxy groups -OCH3 is 1. The summed E-state index contributed by atoms with van der Waals surface area (Å²) in [5, 5.41) is 0. The van der Waals surface area contributed by atoms with Crippen LogP contribution >= 0.6 is 0 Å². The van der Waals surface area contributed by atoms with E-state index in [1.54, 1.807) is 12.1 Å². The number of ether oxygens (including phenoxy) is 1. The molecular formula is C11H12N2O2.